The summed E-state index contributed by atoms with van der Waals surface area (Å²) in [5.74, 6) is -0.556. The second-order valence-electron chi connectivity index (χ2n) is 5.57. The lowest BCUT2D eigenvalue weighted by molar-refractivity contribution is 0.355. The van der Waals surface area contributed by atoms with Crippen LogP contribution in [-0.2, 0) is 6.54 Å². The number of rotatable bonds is 6. The molecule has 0 fully saturated rings. The molecule has 0 radical (unpaired) electrons. The van der Waals surface area contributed by atoms with E-state index in [4.69, 9.17) is 9.47 Å². The van der Waals surface area contributed by atoms with E-state index in [0.29, 0.717) is 22.7 Å². The number of aromatic nitrogens is 2. The van der Waals surface area contributed by atoms with Gasteiger partial charge in [0.1, 0.15) is 5.82 Å². The molecule has 1 heterocycles. The molecule has 8 heteroatoms. The molecule has 3 aromatic rings. The fourth-order valence-electron chi connectivity index (χ4n) is 2.54. The third-order valence-corrected chi connectivity index (χ3v) is 3.93. The smallest absolute Gasteiger partial charge is 0.354 e. The predicted molar refractivity (Wildman–Crippen MR) is 96.6 cm³/mol. The van der Waals surface area contributed by atoms with Crippen molar-refractivity contribution in [2.75, 3.05) is 19.5 Å². The molecular weight excluding hydrogens is 356 g/mol. The molecule has 27 heavy (non-hydrogen) atoms. The van der Waals surface area contributed by atoms with Crippen LogP contribution >= 0.6 is 0 Å². The van der Waals surface area contributed by atoms with Gasteiger partial charge < -0.3 is 14.8 Å². The summed E-state index contributed by atoms with van der Waals surface area (Å²) in [5, 5.41) is 2.65. The third kappa shape index (κ3) is 3.89. The lowest BCUT2D eigenvalue weighted by Gasteiger charge is -2.12. The molecule has 1 aromatic heterocycles. The van der Waals surface area contributed by atoms with E-state index in [1.165, 1.54) is 26.4 Å². The summed E-state index contributed by atoms with van der Waals surface area (Å²) in [6.45, 7) is -0.00357. The minimum Gasteiger partial charge on any atom is -0.493 e. The fourth-order valence-corrected chi connectivity index (χ4v) is 2.54. The highest BCUT2D eigenvalue weighted by molar-refractivity contribution is 5.49. The number of ether oxygens (including phenoxy) is 2. The van der Waals surface area contributed by atoms with Crippen LogP contribution in [0, 0.1) is 11.6 Å². The van der Waals surface area contributed by atoms with Gasteiger partial charge in [-0.2, -0.15) is 4.98 Å². The van der Waals surface area contributed by atoms with Gasteiger partial charge in [0.2, 0.25) is 0 Å². The second kappa shape index (κ2) is 7.86. The van der Waals surface area contributed by atoms with Crippen molar-refractivity contribution in [3.05, 3.63) is 76.3 Å². The highest BCUT2D eigenvalue weighted by Crippen LogP contribution is 2.28. The molecule has 0 amide bonds. The SMILES string of the molecule is COc1ccc(-n2cc(F)c(NCc3ccccc3F)nc2=O)cc1OC. The Bertz CT molecular complexity index is 1020. The molecule has 140 valence electrons. The first-order valence-electron chi connectivity index (χ1n) is 8.02. The molecule has 3 rings (SSSR count). The lowest BCUT2D eigenvalue weighted by atomic mass is 10.2. The molecule has 0 aliphatic carbocycles. The number of methoxy groups -OCH3 is 2. The third-order valence-electron chi connectivity index (χ3n) is 3.93. The van der Waals surface area contributed by atoms with Crippen molar-refractivity contribution in [1.82, 2.24) is 9.55 Å². The quantitative estimate of drug-likeness (QED) is 0.719. The molecular formula is C19H17F2N3O3. The monoisotopic (exact) mass is 373 g/mol. The normalized spacial score (nSPS) is 10.5. The number of halogens is 2. The van der Waals surface area contributed by atoms with E-state index in [1.807, 2.05) is 0 Å². The Morgan fingerprint density at radius 1 is 1.04 bits per heavy atom. The lowest BCUT2D eigenvalue weighted by Crippen LogP contribution is -2.23. The zero-order valence-electron chi connectivity index (χ0n) is 14.7. The first kappa shape index (κ1) is 18.4. The van der Waals surface area contributed by atoms with Gasteiger partial charge >= 0.3 is 5.69 Å². The number of nitrogens with zero attached hydrogens (tertiary/aromatic N) is 2. The van der Waals surface area contributed by atoms with Crippen LogP contribution in [0.3, 0.4) is 0 Å². The van der Waals surface area contributed by atoms with Crippen LogP contribution < -0.4 is 20.5 Å². The second-order valence-corrected chi connectivity index (χ2v) is 5.57. The molecule has 0 saturated carbocycles. The average Bonchev–Trinajstić information content (AvgIpc) is 2.68. The molecule has 0 aliphatic heterocycles. The maximum atomic E-state index is 14.4. The summed E-state index contributed by atoms with van der Waals surface area (Å²) >= 11 is 0. The molecule has 2 aromatic carbocycles. The van der Waals surface area contributed by atoms with Crippen molar-refractivity contribution in [2.45, 2.75) is 6.54 Å². The predicted octanol–water partition coefficient (Wildman–Crippen LogP) is 3.14. The van der Waals surface area contributed by atoms with Crippen LogP contribution in [0.4, 0.5) is 14.6 Å². The maximum absolute atomic E-state index is 14.4. The zero-order chi connectivity index (χ0) is 19.4. The first-order chi connectivity index (χ1) is 13.0. The van der Waals surface area contributed by atoms with Crippen LogP contribution in [0.25, 0.3) is 5.69 Å². The molecule has 0 atom stereocenters. The number of nitrogens with one attached hydrogen (secondary N) is 1. The van der Waals surface area contributed by atoms with E-state index in [1.54, 1.807) is 30.3 Å². The first-order valence-corrected chi connectivity index (χ1v) is 8.02. The standard InChI is InChI=1S/C19H17F2N3O3/c1-26-16-8-7-13(9-17(16)27-2)24-11-15(21)18(23-19(24)25)22-10-12-5-3-4-6-14(12)20/h3-9,11H,10H2,1-2H3,(H,22,23,25). The highest BCUT2D eigenvalue weighted by Gasteiger charge is 2.12. The topological polar surface area (TPSA) is 65.4 Å². The van der Waals surface area contributed by atoms with Crippen LogP contribution in [0.5, 0.6) is 11.5 Å². The summed E-state index contributed by atoms with van der Waals surface area (Å²) in [4.78, 5) is 16.0. The Morgan fingerprint density at radius 2 is 1.78 bits per heavy atom. The number of benzene rings is 2. The Balaban J connectivity index is 1.89. The van der Waals surface area contributed by atoms with Crippen molar-refractivity contribution in [2.24, 2.45) is 0 Å². The molecule has 6 nitrogen and oxygen atoms in total. The van der Waals surface area contributed by atoms with Crippen molar-refractivity contribution in [3.63, 3.8) is 0 Å². The van der Waals surface area contributed by atoms with E-state index in [2.05, 4.69) is 10.3 Å². The van der Waals surface area contributed by atoms with Crippen molar-refractivity contribution in [3.8, 4) is 17.2 Å². The molecule has 0 spiro atoms. The van der Waals surface area contributed by atoms with E-state index in [-0.39, 0.29) is 12.4 Å². The molecule has 1 N–H and O–H groups in total. The van der Waals surface area contributed by atoms with E-state index >= 15 is 0 Å². The number of hydrogen-bond acceptors (Lipinski definition) is 5. The van der Waals surface area contributed by atoms with Gasteiger partial charge in [-0.15, -0.1) is 0 Å². The Morgan fingerprint density at radius 3 is 2.48 bits per heavy atom. The van der Waals surface area contributed by atoms with Gasteiger partial charge in [-0.25, -0.2) is 13.6 Å². The average molecular weight is 373 g/mol. The Hall–Kier alpha value is -3.42. The summed E-state index contributed by atoms with van der Waals surface area (Å²) < 4.78 is 39.4. The Labute approximate surface area is 154 Å². The summed E-state index contributed by atoms with van der Waals surface area (Å²) in [6.07, 6.45) is 1.01. The van der Waals surface area contributed by atoms with Gasteiger partial charge in [0.25, 0.3) is 0 Å². The van der Waals surface area contributed by atoms with Crippen molar-refractivity contribution < 1.29 is 18.3 Å². The largest absolute Gasteiger partial charge is 0.493 e. The van der Waals surface area contributed by atoms with Crippen molar-refractivity contribution in [1.29, 1.82) is 0 Å². The number of anilines is 1. The maximum Gasteiger partial charge on any atom is 0.354 e. The summed E-state index contributed by atoms with van der Waals surface area (Å²) in [6, 6.07) is 10.8. The number of hydrogen-bond donors (Lipinski definition) is 1. The van der Waals surface area contributed by atoms with E-state index in [0.717, 1.165) is 10.8 Å². The zero-order valence-corrected chi connectivity index (χ0v) is 14.7. The molecule has 0 aliphatic rings. The van der Waals surface area contributed by atoms with Crippen LogP contribution in [0.1, 0.15) is 5.56 Å². The fraction of sp³-hybridized carbons (Fsp3) is 0.158. The van der Waals surface area contributed by atoms with Gasteiger partial charge in [0.15, 0.2) is 23.1 Å². The van der Waals surface area contributed by atoms with Gasteiger partial charge in [-0.05, 0) is 18.2 Å². The summed E-state index contributed by atoms with van der Waals surface area (Å²) in [5.41, 5.74) is 0.00660. The van der Waals surface area contributed by atoms with Gasteiger partial charge in [-0.1, -0.05) is 18.2 Å². The van der Waals surface area contributed by atoms with Crippen molar-refractivity contribution >= 4 is 5.82 Å². The van der Waals surface area contributed by atoms with Gasteiger partial charge in [-0.3, -0.25) is 4.57 Å². The molecule has 0 bridgehead atoms. The molecule has 0 saturated heterocycles. The highest BCUT2D eigenvalue weighted by atomic mass is 19.1. The Kier molecular flexibility index (Phi) is 5.35. The molecule has 0 unspecified atom stereocenters. The van der Waals surface area contributed by atoms with Gasteiger partial charge in [0.05, 0.1) is 26.1 Å². The van der Waals surface area contributed by atoms with E-state index in [9.17, 15) is 13.6 Å². The summed E-state index contributed by atoms with van der Waals surface area (Å²) in [7, 11) is 2.94. The van der Waals surface area contributed by atoms with Gasteiger partial charge in [0, 0.05) is 18.2 Å². The minimum absolute atomic E-state index is 0.00357. The van der Waals surface area contributed by atoms with Crippen LogP contribution in [-0.4, -0.2) is 23.8 Å². The van der Waals surface area contributed by atoms with Crippen LogP contribution in [0.2, 0.25) is 0 Å². The van der Waals surface area contributed by atoms with E-state index < -0.39 is 17.3 Å². The minimum atomic E-state index is -0.749. The van der Waals surface area contributed by atoms with Crippen LogP contribution in [0.15, 0.2) is 53.5 Å².